The van der Waals surface area contributed by atoms with E-state index < -0.39 is 0 Å². The zero-order valence-corrected chi connectivity index (χ0v) is 10.1. The molecule has 0 aliphatic carbocycles. The van der Waals surface area contributed by atoms with Crippen molar-refractivity contribution in [3.63, 3.8) is 0 Å². The van der Waals surface area contributed by atoms with Gasteiger partial charge in [-0.15, -0.1) is 0 Å². The van der Waals surface area contributed by atoms with Gasteiger partial charge in [-0.3, -0.25) is 9.59 Å². The van der Waals surface area contributed by atoms with Crippen molar-refractivity contribution in [2.24, 2.45) is 0 Å². The Morgan fingerprint density at radius 3 is 2.71 bits per heavy atom. The van der Waals surface area contributed by atoms with Crippen LogP contribution in [0, 0.1) is 6.92 Å². The van der Waals surface area contributed by atoms with E-state index in [1.165, 1.54) is 12.0 Å². The van der Waals surface area contributed by atoms with Crippen molar-refractivity contribution in [2.45, 2.75) is 19.8 Å². The van der Waals surface area contributed by atoms with Gasteiger partial charge in [0, 0.05) is 26.9 Å². The van der Waals surface area contributed by atoms with Crippen LogP contribution in [0.15, 0.2) is 4.52 Å². The van der Waals surface area contributed by atoms with E-state index in [2.05, 4.69) is 14.9 Å². The van der Waals surface area contributed by atoms with E-state index in [1.54, 1.807) is 14.0 Å². The summed E-state index contributed by atoms with van der Waals surface area (Å²) in [6.45, 7) is 2.04. The summed E-state index contributed by atoms with van der Waals surface area (Å²) in [7, 11) is 2.95. The average Bonchev–Trinajstić information content (AvgIpc) is 2.74. The summed E-state index contributed by atoms with van der Waals surface area (Å²) < 4.78 is 9.21. The average molecular weight is 241 g/mol. The third-order valence-electron chi connectivity index (χ3n) is 2.17. The van der Waals surface area contributed by atoms with Crippen LogP contribution in [0.4, 0.5) is 0 Å². The molecule has 17 heavy (non-hydrogen) atoms. The van der Waals surface area contributed by atoms with Crippen molar-refractivity contribution < 1.29 is 18.8 Å². The van der Waals surface area contributed by atoms with Gasteiger partial charge in [0.15, 0.2) is 0 Å². The minimum Gasteiger partial charge on any atom is -0.469 e. The molecule has 7 heteroatoms. The Hall–Kier alpha value is -1.92. The van der Waals surface area contributed by atoms with Gasteiger partial charge in [0.25, 0.3) is 11.7 Å². The fraction of sp³-hybridized carbons (Fsp3) is 0.600. The predicted molar refractivity (Wildman–Crippen MR) is 57.2 cm³/mol. The SMILES string of the molecule is COC(=O)CCCN(C)C(=O)c1noc(C)n1. The van der Waals surface area contributed by atoms with Gasteiger partial charge in [0.05, 0.1) is 7.11 Å². The Balaban J connectivity index is 2.40. The molecule has 0 radical (unpaired) electrons. The zero-order chi connectivity index (χ0) is 12.8. The van der Waals surface area contributed by atoms with Crippen LogP contribution in [-0.4, -0.2) is 47.6 Å². The van der Waals surface area contributed by atoms with Gasteiger partial charge in [-0.25, -0.2) is 0 Å². The van der Waals surface area contributed by atoms with Gasteiger partial charge >= 0.3 is 5.97 Å². The number of methoxy groups -OCH3 is 1. The zero-order valence-electron chi connectivity index (χ0n) is 10.1. The van der Waals surface area contributed by atoms with Crippen molar-refractivity contribution >= 4 is 11.9 Å². The predicted octanol–water partition coefficient (Wildman–Crippen LogP) is 0.403. The minimum atomic E-state index is -0.327. The summed E-state index contributed by atoms with van der Waals surface area (Å²) in [5, 5.41) is 3.53. The van der Waals surface area contributed by atoms with E-state index in [0.29, 0.717) is 18.9 Å². The van der Waals surface area contributed by atoms with Gasteiger partial charge in [0.1, 0.15) is 0 Å². The van der Waals surface area contributed by atoms with Gasteiger partial charge in [-0.05, 0) is 6.42 Å². The highest BCUT2D eigenvalue weighted by Crippen LogP contribution is 2.02. The molecular formula is C10H15N3O4. The number of aryl methyl sites for hydroxylation is 1. The van der Waals surface area contributed by atoms with E-state index in [-0.39, 0.29) is 24.1 Å². The summed E-state index contributed by atoms with van der Waals surface area (Å²) in [4.78, 5) is 27.9. The molecule has 1 amide bonds. The first-order valence-electron chi connectivity index (χ1n) is 5.17. The van der Waals surface area contributed by atoms with Crippen LogP contribution in [0.5, 0.6) is 0 Å². The van der Waals surface area contributed by atoms with Crippen molar-refractivity contribution in [1.82, 2.24) is 15.0 Å². The minimum absolute atomic E-state index is 0.0306. The molecule has 0 fully saturated rings. The lowest BCUT2D eigenvalue weighted by Crippen LogP contribution is -2.29. The van der Waals surface area contributed by atoms with E-state index >= 15 is 0 Å². The van der Waals surface area contributed by atoms with E-state index in [9.17, 15) is 9.59 Å². The second kappa shape index (κ2) is 5.97. The number of carbonyl (C=O) groups excluding carboxylic acids is 2. The Bertz CT molecular complexity index is 402. The number of esters is 1. The van der Waals surface area contributed by atoms with E-state index in [1.807, 2.05) is 0 Å². The van der Waals surface area contributed by atoms with Crippen molar-refractivity contribution in [2.75, 3.05) is 20.7 Å². The third kappa shape index (κ3) is 3.86. The molecule has 1 rings (SSSR count). The molecule has 7 nitrogen and oxygen atoms in total. The highest BCUT2D eigenvalue weighted by molar-refractivity contribution is 5.90. The van der Waals surface area contributed by atoms with Crippen LogP contribution >= 0.6 is 0 Å². The van der Waals surface area contributed by atoms with Gasteiger partial charge < -0.3 is 14.2 Å². The highest BCUT2D eigenvalue weighted by Gasteiger charge is 2.17. The molecule has 0 bridgehead atoms. The fourth-order valence-electron chi connectivity index (χ4n) is 1.22. The third-order valence-corrected chi connectivity index (χ3v) is 2.17. The lowest BCUT2D eigenvalue weighted by atomic mass is 10.3. The maximum atomic E-state index is 11.7. The lowest BCUT2D eigenvalue weighted by molar-refractivity contribution is -0.140. The number of ether oxygens (including phenoxy) is 1. The van der Waals surface area contributed by atoms with Crippen LogP contribution in [0.25, 0.3) is 0 Å². The molecular weight excluding hydrogens is 226 g/mol. The molecule has 0 spiro atoms. The summed E-state index contributed by atoms with van der Waals surface area (Å²) in [5.74, 6) is -0.243. The summed E-state index contributed by atoms with van der Waals surface area (Å²) in [5.41, 5.74) is 0. The van der Waals surface area contributed by atoms with Gasteiger partial charge in [0.2, 0.25) is 5.89 Å². The highest BCUT2D eigenvalue weighted by atomic mass is 16.5. The summed E-state index contributed by atoms with van der Waals surface area (Å²) in [6.07, 6.45) is 0.811. The molecule has 0 unspecified atom stereocenters. The van der Waals surface area contributed by atoms with Crippen molar-refractivity contribution in [1.29, 1.82) is 0 Å². The number of rotatable bonds is 5. The van der Waals surface area contributed by atoms with E-state index in [4.69, 9.17) is 4.52 Å². The largest absolute Gasteiger partial charge is 0.469 e. The number of nitrogens with zero attached hydrogens (tertiary/aromatic N) is 3. The normalized spacial score (nSPS) is 10.1. The number of amides is 1. The molecule has 0 saturated carbocycles. The maximum Gasteiger partial charge on any atom is 0.305 e. The molecule has 0 saturated heterocycles. The Morgan fingerprint density at radius 2 is 2.18 bits per heavy atom. The number of aromatic nitrogens is 2. The van der Waals surface area contributed by atoms with Crippen molar-refractivity contribution in [3.05, 3.63) is 11.7 Å². The van der Waals surface area contributed by atoms with Gasteiger partial charge in [-0.2, -0.15) is 4.98 Å². The Morgan fingerprint density at radius 1 is 1.47 bits per heavy atom. The molecule has 1 aromatic rings. The first kappa shape index (κ1) is 13.1. The van der Waals surface area contributed by atoms with Crippen molar-refractivity contribution in [3.8, 4) is 0 Å². The summed E-state index contributed by atoms with van der Waals surface area (Å²) >= 11 is 0. The van der Waals surface area contributed by atoms with Gasteiger partial charge in [-0.1, -0.05) is 5.16 Å². The van der Waals surface area contributed by atoms with Crippen LogP contribution in [0.1, 0.15) is 29.4 Å². The lowest BCUT2D eigenvalue weighted by Gasteiger charge is -2.14. The molecule has 0 aliphatic rings. The molecule has 0 atom stereocenters. The molecule has 0 aliphatic heterocycles. The smallest absolute Gasteiger partial charge is 0.305 e. The topological polar surface area (TPSA) is 85.5 Å². The second-order valence-electron chi connectivity index (χ2n) is 3.54. The quantitative estimate of drug-likeness (QED) is 0.694. The molecule has 1 aromatic heterocycles. The van der Waals surface area contributed by atoms with E-state index in [0.717, 1.165) is 0 Å². The monoisotopic (exact) mass is 241 g/mol. The molecule has 94 valence electrons. The number of hydrogen-bond donors (Lipinski definition) is 0. The molecule has 1 heterocycles. The van der Waals surface area contributed by atoms with Crippen LogP contribution in [0.2, 0.25) is 0 Å². The second-order valence-corrected chi connectivity index (χ2v) is 3.54. The fourth-order valence-corrected chi connectivity index (χ4v) is 1.22. The first-order valence-corrected chi connectivity index (χ1v) is 5.17. The summed E-state index contributed by atoms with van der Waals surface area (Å²) in [6, 6.07) is 0. The Labute approximate surface area is 98.7 Å². The molecule has 0 aromatic carbocycles. The van der Waals surface area contributed by atoms with Crippen LogP contribution in [0.3, 0.4) is 0 Å². The molecule has 0 N–H and O–H groups in total. The standard InChI is InChI=1S/C10H15N3O4/c1-7-11-9(12-17-7)10(15)13(2)6-4-5-8(14)16-3/h4-6H2,1-3H3. The van der Waals surface area contributed by atoms with Crippen LogP contribution in [-0.2, 0) is 9.53 Å². The first-order chi connectivity index (χ1) is 8.04. The van der Waals surface area contributed by atoms with Crippen LogP contribution < -0.4 is 0 Å². The number of hydrogen-bond acceptors (Lipinski definition) is 6. The Kier molecular flexibility index (Phi) is 4.62. The number of carbonyl (C=O) groups is 2. The maximum absolute atomic E-state index is 11.7.